The summed E-state index contributed by atoms with van der Waals surface area (Å²) in [5, 5.41) is 0. The lowest BCUT2D eigenvalue weighted by atomic mass is 9.91. The number of esters is 1. The molecule has 2 aromatic rings. The standard InChI is InChI=1S/C24H31O3P/c1-18-9-7-8-12-21(18)23-15-20(13-14-22(23)24(25)27-2)17-28(3,26)16-19-10-5-4-6-11-19/h7-9,12-15,19H,4-6,10-11,16-17H2,1-3H3. The quantitative estimate of drug-likeness (QED) is 0.411. The number of aryl methyl sites for hydroxylation is 1. The molecule has 0 aromatic heterocycles. The topological polar surface area (TPSA) is 43.4 Å². The van der Waals surface area contributed by atoms with Crippen molar-refractivity contribution in [3.8, 4) is 11.1 Å². The molecule has 3 rings (SSSR count). The molecule has 1 atom stereocenters. The Bertz CT molecular complexity index is 881. The van der Waals surface area contributed by atoms with E-state index in [0.29, 0.717) is 17.6 Å². The van der Waals surface area contributed by atoms with Gasteiger partial charge in [0.25, 0.3) is 0 Å². The van der Waals surface area contributed by atoms with Crippen LogP contribution in [-0.2, 0) is 15.5 Å². The molecule has 0 N–H and O–H groups in total. The van der Waals surface area contributed by atoms with E-state index in [4.69, 9.17) is 4.74 Å². The summed E-state index contributed by atoms with van der Waals surface area (Å²) >= 11 is 0. The van der Waals surface area contributed by atoms with Gasteiger partial charge in [-0.05, 0) is 53.9 Å². The third kappa shape index (κ3) is 5.14. The van der Waals surface area contributed by atoms with Crippen LogP contribution in [0.25, 0.3) is 11.1 Å². The number of hydrogen-bond donors (Lipinski definition) is 0. The van der Waals surface area contributed by atoms with Gasteiger partial charge in [-0.1, -0.05) is 62.4 Å². The molecule has 1 unspecified atom stereocenters. The molecule has 150 valence electrons. The molecule has 1 saturated carbocycles. The summed E-state index contributed by atoms with van der Waals surface area (Å²) in [5.74, 6) is 0.265. The number of rotatable bonds is 6. The second-order valence-corrected chi connectivity index (χ2v) is 11.6. The Balaban J connectivity index is 1.90. The normalized spacial score (nSPS) is 17.1. The van der Waals surface area contributed by atoms with Gasteiger partial charge in [0, 0.05) is 12.3 Å². The van der Waals surface area contributed by atoms with Gasteiger partial charge in [-0.3, -0.25) is 0 Å². The molecule has 0 spiro atoms. The van der Waals surface area contributed by atoms with E-state index in [9.17, 15) is 9.36 Å². The fraction of sp³-hybridized carbons (Fsp3) is 0.458. The van der Waals surface area contributed by atoms with Crippen LogP contribution in [-0.4, -0.2) is 25.9 Å². The maximum absolute atomic E-state index is 13.3. The van der Waals surface area contributed by atoms with Crippen LogP contribution in [0.15, 0.2) is 42.5 Å². The highest BCUT2D eigenvalue weighted by atomic mass is 31.2. The van der Waals surface area contributed by atoms with Gasteiger partial charge >= 0.3 is 5.97 Å². The lowest BCUT2D eigenvalue weighted by Crippen LogP contribution is -2.12. The fourth-order valence-corrected chi connectivity index (χ4v) is 7.00. The van der Waals surface area contributed by atoms with Gasteiger partial charge in [-0.2, -0.15) is 0 Å². The molecule has 3 nitrogen and oxygen atoms in total. The zero-order chi connectivity index (χ0) is 20.1. The predicted molar refractivity (Wildman–Crippen MR) is 117 cm³/mol. The van der Waals surface area contributed by atoms with Crippen molar-refractivity contribution in [2.75, 3.05) is 19.9 Å². The molecule has 1 fully saturated rings. The summed E-state index contributed by atoms with van der Waals surface area (Å²) in [6, 6.07) is 13.8. The van der Waals surface area contributed by atoms with Crippen molar-refractivity contribution in [2.24, 2.45) is 5.92 Å². The highest BCUT2D eigenvalue weighted by Crippen LogP contribution is 2.49. The van der Waals surface area contributed by atoms with Crippen LogP contribution in [0.3, 0.4) is 0 Å². The van der Waals surface area contributed by atoms with Crippen LogP contribution < -0.4 is 0 Å². The summed E-state index contributed by atoms with van der Waals surface area (Å²) in [7, 11) is -0.863. The third-order valence-electron chi connectivity index (χ3n) is 5.81. The first-order valence-electron chi connectivity index (χ1n) is 10.2. The van der Waals surface area contributed by atoms with Gasteiger partial charge in [0.2, 0.25) is 0 Å². The van der Waals surface area contributed by atoms with E-state index in [1.165, 1.54) is 39.2 Å². The zero-order valence-corrected chi connectivity index (χ0v) is 18.1. The molecule has 2 aromatic carbocycles. The maximum atomic E-state index is 13.3. The molecular formula is C24H31O3P. The minimum atomic E-state index is -2.27. The molecule has 4 heteroatoms. The van der Waals surface area contributed by atoms with E-state index in [-0.39, 0.29) is 5.97 Å². The lowest BCUT2D eigenvalue weighted by Gasteiger charge is -2.25. The number of carbonyl (C=O) groups is 1. The molecule has 0 heterocycles. The summed E-state index contributed by atoms with van der Waals surface area (Å²) in [5.41, 5.74) is 4.57. The largest absolute Gasteiger partial charge is 0.465 e. The maximum Gasteiger partial charge on any atom is 0.338 e. The number of carbonyl (C=O) groups excluding carboxylic acids is 1. The first-order valence-corrected chi connectivity index (χ1v) is 12.7. The lowest BCUT2D eigenvalue weighted by molar-refractivity contribution is 0.0601. The van der Waals surface area contributed by atoms with Gasteiger partial charge in [0.1, 0.15) is 0 Å². The molecule has 0 radical (unpaired) electrons. The summed E-state index contributed by atoms with van der Waals surface area (Å²) in [6.07, 6.45) is 7.72. The smallest absolute Gasteiger partial charge is 0.338 e. The van der Waals surface area contributed by atoms with Crippen molar-refractivity contribution in [3.05, 3.63) is 59.2 Å². The fourth-order valence-electron chi connectivity index (χ4n) is 4.44. The summed E-state index contributed by atoms with van der Waals surface area (Å²) < 4.78 is 18.3. The summed E-state index contributed by atoms with van der Waals surface area (Å²) in [4.78, 5) is 12.3. The molecule has 1 aliphatic carbocycles. The first-order chi connectivity index (χ1) is 13.4. The Morgan fingerprint density at radius 2 is 1.79 bits per heavy atom. The van der Waals surface area contributed by atoms with Crippen molar-refractivity contribution in [1.82, 2.24) is 0 Å². The summed E-state index contributed by atoms with van der Waals surface area (Å²) in [6.45, 7) is 3.99. The molecular weight excluding hydrogens is 367 g/mol. The Morgan fingerprint density at radius 1 is 1.07 bits per heavy atom. The Labute approximate surface area is 168 Å². The molecule has 0 bridgehead atoms. The first kappa shape index (κ1) is 20.9. The third-order valence-corrected chi connectivity index (χ3v) is 8.13. The number of ether oxygens (including phenoxy) is 1. The average Bonchev–Trinajstić information content (AvgIpc) is 2.68. The van der Waals surface area contributed by atoms with Crippen molar-refractivity contribution >= 4 is 13.1 Å². The minimum absolute atomic E-state index is 0.341. The average molecular weight is 398 g/mol. The van der Waals surface area contributed by atoms with E-state index in [0.717, 1.165) is 28.4 Å². The van der Waals surface area contributed by atoms with Crippen LogP contribution in [0.5, 0.6) is 0 Å². The van der Waals surface area contributed by atoms with Crippen molar-refractivity contribution in [2.45, 2.75) is 45.2 Å². The van der Waals surface area contributed by atoms with Crippen molar-refractivity contribution in [1.29, 1.82) is 0 Å². The van der Waals surface area contributed by atoms with Gasteiger partial charge in [-0.15, -0.1) is 0 Å². The highest BCUT2D eigenvalue weighted by molar-refractivity contribution is 7.62. The van der Waals surface area contributed by atoms with E-state index < -0.39 is 7.14 Å². The second-order valence-electron chi connectivity index (χ2n) is 8.33. The van der Waals surface area contributed by atoms with Crippen LogP contribution in [0.4, 0.5) is 0 Å². The molecule has 0 amide bonds. The monoisotopic (exact) mass is 398 g/mol. The Hall–Kier alpha value is -1.86. The Morgan fingerprint density at radius 3 is 2.46 bits per heavy atom. The van der Waals surface area contributed by atoms with E-state index in [1.807, 2.05) is 56.1 Å². The van der Waals surface area contributed by atoms with Crippen LogP contribution in [0.1, 0.15) is 53.6 Å². The SMILES string of the molecule is COC(=O)c1ccc(CP(C)(=O)CC2CCCCC2)cc1-c1ccccc1C. The van der Waals surface area contributed by atoms with Crippen molar-refractivity contribution < 1.29 is 14.1 Å². The van der Waals surface area contributed by atoms with E-state index in [2.05, 4.69) is 0 Å². The van der Waals surface area contributed by atoms with Gasteiger partial charge in [0.15, 0.2) is 0 Å². The van der Waals surface area contributed by atoms with Crippen LogP contribution in [0.2, 0.25) is 0 Å². The molecule has 28 heavy (non-hydrogen) atoms. The van der Waals surface area contributed by atoms with Gasteiger partial charge in [0.05, 0.1) is 19.8 Å². The number of hydrogen-bond acceptors (Lipinski definition) is 3. The van der Waals surface area contributed by atoms with Crippen LogP contribution in [0, 0.1) is 12.8 Å². The van der Waals surface area contributed by atoms with Crippen LogP contribution >= 0.6 is 7.14 Å². The Kier molecular flexibility index (Phi) is 6.78. The van der Waals surface area contributed by atoms with Gasteiger partial charge in [-0.25, -0.2) is 4.79 Å². The van der Waals surface area contributed by atoms with Crippen molar-refractivity contribution in [3.63, 3.8) is 0 Å². The molecule has 0 saturated heterocycles. The number of benzene rings is 2. The van der Waals surface area contributed by atoms with E-state index >= 15 is 0 Å². The van der Waals surface area contributed by atoms with E-state index in [1.54, 1.807) is 0 Å². The molecule has 0 aliphatic heterocycles. The zero-order valence-electron chi connectivity index (χ0n) is 17.2. The number of methoxy groups -OCH3 is 1. The molecule has 1 aliphatic rings. The second kappa shape index (κ2) is 9.09. The minimum Gasteiger partial charge on any atom is -0.465 e. The predicted octanol–water partition coefficient (Wildman–Crippen LogP) is 6.52. The highest BCUT2D eigenvalue weighted by Gasteiger charge is 2.25. The van der Waals surface area contributed by atoms with Gasteiger partial charge < -0.3 is 9.30 Å².